The first-order valence-electron chi connectivity index (χ1n) is 10.4. The fourth-order valence-electron chi connectivity index (χ4n) is 4.35. The van der Waals surface area contributed by atoms with E-state index in [-0.39, 0.29) is 5.56 Å². The monoisotopic (exact) mass is 403 g/mol. The summed E-state index contributed by atoms with van der Waals surface area (Å²) in [7, 11) is 1.65. The van der Waals surface area contributed by atoms with Crippen LogP contribution < -0.4 is 10.3 Å². The first-order chi connectivity index (χ1) is 14.6. The molecule has 0 spiro atoms. The summed E-state index contributed by atoms with van der Waals surface area (Å²) in [6.45, 7) is 2.73. The van der Waals surface area contributed by atoms with Crippen molar-refractivity contribution in [3.63, 3.8) is 0 Å². The van der Waals surface area contributed by atoms with Crippen LogP contribution in [0.15, 0.2) is 41.3 Å². The fourth-order valence-corrected chi connectivity index (χ4v) is 4.35. The number of methoxy groups -OCH3 is 1. The molecule has 1 aliphatic rings. The Morgan fingerprint density at radius 1 is 1.20 bits per heavy atom. The van der Waals surface area contributed by atoms with Gasteiger partial charge in [-0.05, 0) is 50.3 Å². The maximum Gasteiger partial charge on any atom is 0.272 e. The van der Waals surface area contributed by atoms with Crippen molar-refractivity contribution in [2.45, 2.75) is 45.6 Å². The molecule has 30 heavy (non-hydrogen) atoms. The number of aryl methyl sites for hydroxylation is 4. The van der Waals surface area contributed by atoms with Crippen LogP contribution in [-0.4, -0.2) is 31.5 Å². The molecular weight excluding hydrogens is 378 g/mol. The smallest absolute Gasteiger partial charge is 0.272 e. The maximum atomic E-state index is 12.8. The molecule has 0 radical (unpaired) electrons. The first kappa shape index (κ1) is 18.7. The Labute approximate surface area is 174 Å². The number of aromatic amines is 1. The molecule has 0 saturated carbocycles. The second-order valence-electron chi connectivity index (χ2n) is 7.89. The third kappa shape index (κ3) is 3.20. The standard InChI is InChI=1S/C23H25N5O2/c1-15-22(16-7-5-8-19(12-16)30-2)26-28-21(29)13-18(25-23(15)28)10-11-27-20-9-4-3-6-17(20)14-24-27/h5,7-8,12-14,26H,3-4,6,9-11H2,1-2H3. The van der Waals surface area contributed by atoms with E-state index in [1.165, 1.54) is 28.6 Å². The van der Waals surface area contributed by atoms with E-state index in [0.717, 1.165) is 47.7 Å². The van der Waals surface area contributed by atoms with Gasteiger partial charge in [0.25, 0.3) is 5.56 Å². The second-order valence-corrected chi connectivity index (χ2v) is 7.89. The summed E-state index contributed by atoms with van der Waals surface area (Å²) in [5, 5.41) is 7.77. The lowest BCUT2D eigenvalue weighted by molar-refractivity contribution is 0.415. The van der Waals surface area contributed by atoms with Gasteiger partial charge in [0.15, 0.2) is 5.65 Å². The van der Waals surface area contributed by atoms with Crippen LogP contribution >= 0.6 is 0 Å². The Bertz CT molecular complexity index is 1280. The topological polar surface area (TPSA) is 77.2 Å². The molecule has 7 nitrogen and oxygen atoms in total. The van der Waals surface area contributed by atoms with Crippen LogP contribution in [-0.2, 0) is 25.8 Å². The van der Waals surface area contributed by atoms with Gasteiger partial charge in [0.2, 0.25) is 0 Å². The molecule has 1 aliphatic carbocycles. The minimum absolute atomic E-state index is 0.102. The number of benzene rings is 1. The van der Waals surface area contributed by atoms with Gasteiger partial charge in [-0.2, -0.15) is 5.10 Å². The van der Waals surface area contributed by atoms with Crippen LogP contribution in [0.2, 0.25) is 0 Å². The summed E-state index contributed by atoms with van der Waals surface area (Å²) < 4.78 is 8.94. The molecular formula is C23H25N5O2. The number of hydrogen-bond acceptors (Lipinski definition) is 4. The Morgan fingerprint density at radius 2 is 2.07 bits per heavy atom. The highest BCUT2D eigenvalue weighted by atomic mass is 16.5. The van der Waals surface area contributed by atoms with Crippen molar-refractivity contribution in [3.8, 4) is 17.0 Å². The van der Waals surface area contributed by atoms with Crippen LogP contribution in [0.4, 0.5) is 0 Å². The molecule has 3 heterocycles. The third-order valence-electron chi connectivity index (χ3n) is 5.99. The molecule has 3 aromatic heterocycles. The Hall–Kier alpha value is -3.35. The lowest BCUT2D eigenvalue weighted by atomic mass is 9.98. The molecule has 0 amide bonds. The number of rotatable bonds is 5. The Balaban J connectivity index is 1.47. The zero-order valence-electron chi connectivity index (χ0n) is 17.3. The highest BCUT2D eigenvalue weighted by Crippen LogP contribution is 2.27. The SMILES string of the molecule is COc1cccc(-c2[nH]n3c(=O)cc(CCn4ncc5c4CCCC5)nc3c2C)c1. The number of hydrogen-bond donors (Lipinski definition) is 1. The minimum atomic E-state index is -0.102. The molecule has 0 saturated heterocycles. The van der Waals surface area contributed by atoms with Crippen molar-refractivity contribution >= 4 is 5.65 Å². The van der Waals surface area contributed by atoms with E-state index in [9.17, 15) is 4.79 Å². The Kier molecular flexibility index (Phi) is 4.65. The van der Waals surface area contributed by atoms with Gasteiger partial charge in [-0.3, -0.25) is 14.6 Å². The summed E-state index contributed by atoms with van der Waals surface area (Å²) in [4.78, 5) is 17.6. The summed E-state index contributed by atoms with van der Waals surface area (Å²) in [5.74, 6) is 0.772. The van der Waals surface area contributed by atoms with Crippen molar-refractivity contribution in [2.24, 2.45) is 0 Å². The number of nitrogens with zero attached hydrogens (tertiary/aromatic N) is 4. The zero-order valence-corrected chi connectivity index (χ0v) is 17.3. The number of fused-ring (bicyclic) bond motifs is 2. The van der Waals surface area contributed by atoms with Gasteiger partial charge in [0.1, 0.15) is 5.75 Å². The summed E-state index contributed by atoms with van der Waals surface area (Å²) in [6.07, 6.45) is 7.35. The highest BCUT2D eigenvalue weighted by Gasteiger charge is 2.16. The predicted octanol–water partition coefficient (Wildman–Crippen LogP) is 3.32. The first-order valence-corrected chi connectivity index (χ1v) is 10.4. The van der Waals surface area contributed by atoms with Gasteiger partial charge >= 0.3 is 0 Å². The molecule has 4 aromatic rings. The van der Waals surface area contributed by atoms with Gasteiger partial charge < -0.3 is 4.74 Å². The lowest BCUT2D eigenvalue weighted by Gasteiger charge is -2.13. The number of H-pyrrole nitrogens is 1. The van der Waals surface area contributed by atoms with Gasteiger partial charge in [-0.1, -0.05) is 12.1 Å². The van der Waals surface area contributed by atoms with E-state index in [4.69, 9.17) is 9.72 Å². The zero-order chi connectivity index (χ0) is 20.7. The molecule has 0 atom stereocenters. The molecule has 0 bridgehead atoms. The molecule has 0 unspecified atom stereocenters. The van der Waals surface area contributed by atoms with Crippen molar-refractivity contribution in [2.75, 3.05) is 7.11 Å². The molecule has 0 fully saturated rings. The van der Waals surface area contributed by atoms with Crippen LogP contribution in [0.5, 0.6) is 5.75 Å². The van der Waals surface area contributed by atoms with E-state index in [2.05, 4.69) is 14.9 Å². The van der Waals surface area contributed by atoms with Crippen molar-refractivity contribution < 1.29 is 4.74 Å². The van der Waals surface area contributed by atoms with Crippen LogP contribution in [0.1, 0.15) is 35.4 Å². The van der Waals surface area contributed by atoms with Crippen molar-refractivity contribution in [3.05, 3.63) is 69.4 Å². The third-order valence-corrected chi connectivity index (χ3v) is 5.99. The largest absolute Gasteiger partial charge is 0.497 e. The number of nitrogens with one attached hydrogen (secondary N) is 1. The average Bonchev–Trinajstić information content (AvgIpc) is 3.34. The van der Waals surface area contributed by atoms with E-state index >= 15 is 0 Å². The highest BCUT2D eigenvalue weighted by molar-refractivity contribution is 5.71. The van der Waals surface area contributed by atoms with E-state index < -0.39 is 0 Å². The van der Waals surface area contributed by atoms with Gasteiger partial charge in [0, 0.05) is 35.9 Å². The number of aromatic nitrogens is 5. The Morgan fingerprint density at radius 3 is 2.93 bits per heavy atom. The maximum absolute atomic E-state index is 12.8. The van der Waals surface area contributed by atoms with Crippen LogP contribution in [0.25, 0.3) is 16.9 Å². The molecule has 1 aromatic carbocycles. The normalized spacial score (nSPS) is 13.5. The van der Waals surface area contributed by atoms with Crippen LogP contribution in [0, 0.1) is 6.92 Å². The molecule has 0 aliphatic heterocycles. The molecule has 154 valence electrons. The number of ether oxygens (including phenoxy) is 1. The van der Waals surface area contributed by atoms with E-state index in [1.807, 2.05) is 37.4 Å². The molecule has 1 N–H and O–H groups in total. The lowest BCUT2D eigenvalue weighted by Crippen LogP contribution is -2.17. The van der Waals surface area contributed by atoms with Gasteiger partial charge in [-0.25, -0.2) is 9.50 Å². The van der Waals surface area contributed by atoms with Gasteiger partial charge in [-0.15, -0.1) is 0 Å². The second kappa shape index (κ2) is 7.48. The van der Waals surface area contributed by atoms with Crippen LogP contribution in [0.3, 0.4) is 0 Å². The quantitative estimate of drug-likeness (QED) is 0.555. The summed E-state index contributed by atoms with van der Waals surface area (Å²) in [6, 6.07) is 9.40. The predicted molar refractivity (Wildman–Crippen MR) is 115 cm³/mol. The van der Waals surface area contributed by atoms with Gasteiger partial charge in [0.05, 0.1) is 24.7 Å². The minimum Gasteiger partial charge on any atom is -0.497 e. The van der Waals surface area contributed by atoms with E-state index in [0.29, 0.717) is 12.1 Å². The molecule has 5 rings (SSSR count). The van der Waals surface area contributed by atoms with Crippen molar-refractivity contribution in [1.29, 1.82) is 0 Å². The van der Waals surface area contributed by atoms with E-state index in [1.54, 1.807) is 13.2 Å². The summed E-state index contributed by atoms with van der Waals surface area (Å²) in [5.41, 5.74) is 6.84. The van der Waals surface area contributed by atoms with Crippen molar-refractivity contribution in [1.82, 2.24) is 24.4 Å². The molecule has 7 heteroatoms. The average molecular weight is 403 g/mol. The summed E-state index contributed by atoms with van der Waals surface area (Å²) >= 11 is 0. The fraction of sp³-hybridized carbons (Fsp3) is 0.348.